The zero-order valence-electron chi connectivity index (χ0n) is 9.14. The highest BCUT2D eigenvalue weighted by Crippen LogP contribution is 2.59. The molecule has 0 nitrogen and oxygen atoms in total. The predicted molar refractivity (Wildman–Crippen MR) is 113 cm³/mol. The minimum atomic E-state index is 0.0366. The van der Waals surface area contributed by atoms with E-state index in [-0.39, 0.29) is 2.74 Å². The van der Waals surface area contributed by atoms with Crippen LogP contribution < -0.4 is 0 Å². The number of thiol groups is 4. The van der Waals surface area contributed by atoms with Crippen molar-refractivity contribution < 1.29 is 0 Å². The highest BCUT2D eigenvalue weighted by Gasteiger charge is 2.34. The van der Waals surface area contributed by atoms with Crippen molar-refractivity contribution in [2.75, 3.05) is 26.6 Å². The van der Waals surface area contributed by atoms with Gasteiger partial charge in [0.25, 0.3) is 0 Å². The number of rotatable bonds is 11. The molecule has 0 aromatic carbocycles. The van der Waals surface area contributed by atoms with E-state index >= 15 is 0 Å². The van der Waals surface area contributed by atoms with Gasteiger partial charge in [-0.2, -0.15) is 50.5 Å². The first-order valence-corrected chi connectivity index (χ1v) is 13.1. The Balaban J connectivity index is 4.59. The van der Waals surface area contributed by atoms with Gasteiger partial charge in [-0.15, -0.1) is 58.8 Å². The van der Waals surface area contributed by atoms with Crippen LogP contribution in [0.2, 0.25) is 0 Å². The first-order chi connectivity index (χ1) is 8.17. The van der Waals surface area contributed by atoms with Gasteiger partial charge in [-0.05, 0) is 6.26 Å². The molecule has 0 fully saturated rings. The molecule has 0 aromatic rings. The molecule has 10 heteroatoms. The van der Waals surface area contributed by atoms with Crippen LogP contribution in [-0.2, 0) is 0 Å². The normalized spacial score (nSPS) is 13.9. The van der Waals surface area contributed by atoms with Gasteiger partial charge in [-0.3, -0.25) is 0 Å². The molecule has 0 aliphatic carbocycles. The standard InChI is InChI=1S/C7H16S10/c1-12-6(13-2-8)17-7(14-3-9,15-4-10)16-5-11/h6,8-11H,2-5H2,1H3. The SMILES string of the molecule is CSC(SCS)SC(SCS)(SCS)SCS. The van der Waals surface area contributed by atoms with E-state index < -0.39 is 0 Å². The van der Waals surface area contributed by atoms with E-state index in [1.807, 2.05) is 70.6 Å². The maximum absolute atomic E-state index is 4.35. The number of thioether (sulfide) groups is 6. The van der Waals surface area contributed by atoms with E-state index in [9.17, 15) is 0 Å². The number of hydrogen-bond donors (Lipinski definition) is 4. The number of hydrogen-bond acceptors (Lipinski definition) is 10. The van der Waals surface area contributed by atoms with Crippen molar-refractivity contribution in [2.45, 2.75) is 6.66 Å². The Morgan fingerprint density at radius 1 is 0.882 bits per heavy atom. The van der Waals surface area contributed by atoms with Crippen LogP contribution in [0.4, 0.5) is 0 Å². The molecule has 0 saturated heterocycles. The molecule has 0 amide bonds. The van der Waals surface area contributed by atoms with E-state index in [0.29, 0.717) is 3.91 Å². The maximum Gasteiger partial charge on any atom is 0.157 e. The van der Waals surface area contributed by atoms with Crippen LogP contribution in [0.5, 0.6) is 0 Å². The Kier molecular flexibility index (Phi) is 15.9. The molecule has 0 rings (SSSR count). The summed E-state index contributed by atoms with van der Waals surface area (Å²) in [6, 6.07) is 0. The molecule has 0 spiro atoms. The zero-order chi connectivity index (χ0) is 13.1. The first-order valence-electron chi connectivity index (χ1n) is 4.35. The van der Waals surface area contributed by atoms with Crippen LogP contribution in [0.25, 0.3) is 0 Å². The lowest BCUT2D eigenvalue weighted by atomic mass is 11.7. The topological polar surface area (TPSA) is 0 Å². The van der Waals surface area contributed by atoms with Gasteiger partial charge in [0.2, 0.25) is 0 Å². The summed E-state index contributed by atoms with van der Waals surface area (Å²) in [5.41, 5.74) is 0. The van der Waals surface area contributed by atoms with Crippen molar-refractivity contribution in [1.82, 2.24) is 0 Å². The molecule has 1 atom stereocenters. The average Bonchev–Trinajstić information content (AvgIpc) is 2.29. The molecular formula is C7H16S10. The fourth-order valence-corrected chi connectivity index (χ4v) is 14.6. The fourth-order valence-electron chi connectivity index (χ4n) is 0.793. The summed E-state index contributed by atoms with van der Waals surface area (Å²) in [6.07, 6.45) is 2.14. The van der Waals surface area contributed by atoms with Crippen molar-refractivity contribution in [3.05, 3.63) is 0 Å². The summed E-state index contributed by atoms with van der Waals surface area (Å²) < 4.78 is 0.522. The minimum absolute atomic E-state index is 0.0366. The van der Waals surface area contributed by atoms with E-state index in [1.165, 1.54) is 0 Å². The van der Waals surface area contributed by atoms with Crippen LogP contribution >= 0.6 is 121 Å². The predicted octanol–water partition coefficient (Wildman–Crippen LogP) is 5.46. The largest absolute Gasteiger partial charge is 0.168 e. The van der Waals surface area contributed by atoms with Gasteiger partial charge in [0, 0.05) is 20.3 Å². The third-order valence-electron chi connectivity index (χ3n) is 1.37. The van der Waals surface area contributed by atoms with E-state index in [4.69, 9.17) is 0 Å². The molecular weight excluding hydrogens is 405 g/mol. The molecule has 0 heterocycles. The molecule has 0 aliphatic rings. The Labute approximate surface area is 152 Å². The molecule has 0 aromatic heterocycles. The van der Waals surface area contributed by atoms with Crippen molar-refractivity contribution in [2.24, 2.45) is 0 Å². The van der Waals surface area contributed by atoms with Crippen molar-refractivity contribution in [3.63, 3.8) is 0 Å². The molecule has 0 N–H and O–H groups in total. The van der Waals surface area contributed by atoms with Crippen LogP contribution in [-0.4, -0.2) is 33.3 Å². The van der Waals surface area contributed by atoms with Crippen LogP contribution in [0.15, 0.2) is 0 Å². The van der Waals surface area contributed by atoms with E-state index in [2.05, 4.69) is 56.8 Å². The van der Waals surface area contributed by atoms with Gasteiger partial charge < -0.3 is 0 Å². The molecule has 1 unspecified atom stereocenters. The molecule has 0 radical (unpaired) electrons. The van der Waals surface area contributed by atoms with Gasteiger partial charge in [0.05, 0.1) is 3.91 Å². The summed E-state index contributed by atoms with van der Waals surface area (Å²) in [7, 11) is 0. The second-order valence-corrected chi connectivity index (χ2v) is 14.6. The molecule has 0 saturated carbocycles. The summed E-state index contributed by atoms with van der Waals surface area (Å²) in [6.45, 7) is 0. The lowest BCUT2D eigenvalue weighted by molar-refractivity contribution is 1.80. The second-order valence-electron chi connectivity index (χ2n) is 2.26. The van der Waals surface area contributed by atoms with Crippen LogP contribution in [0.1, 0.15) is 0 Å². The Morgan fingerprint density at radius 2 is 1.35 bits per heavy atom. The third-order valence-corrected chi connectivity index (χ3v) is 12.3. The highest BCUT2D eigenvalue weighted by atomic mass is 32.3. The van der Waals surface area contributed by atoms with Crippen molar-refractivity contribution >= 4 is 121 Å². The molecule has 17 heavy (non-hydrogen) atoms. The lowest BCUT2D eigenvalue weighted by Gasteiger charge is -2.32. The first kappa shape index (κ1) is 20.5. The lowest BCUT2D eigenvalue weighted by Crippen LogP contribution is -2.14. The highest BCUT2D eigenvalue weighted by molar-refractivity contribution is 8.53. The minimum Gasteiger partial charge on any atom is -0.168 e. The molecule has 104 valence electrons. The Morgan fingerprint density at radius 3 is 1.65 bits per heavy atom. The van der Waals surface area contributed by atoms with Crippen molar-refractivity contribution in [3.8, 4) is 0 Å². The average molecular weight is 421 g/mol. The second kappa shape index (κ2) is 13.2. The summed E-state index contributed by atoms with van der Waals surface area (Å²) in [5.74, 6) is 0. The van der Waals surface area contributed by atoms with Gasteiger partial charge in [0.15, 0.2) is 2.74 Å². The third kappa shape index (κ3) is 9.18. The quantitative estimate of drug-likeness (QED) is 0.257. The summed E-state index contributed by atoms with van der Waals surface area (Å²) in [5, 5.41) is 3.26. The molecule has 0 bridgehead atoms. The van der Waals surface area contributed by atoms with Gasteiger partial charge >= 0.3 is 0 Å². The molecule has 0 aliphatic heterocycles. The van der Waals surface area contributed by atoms with Gasteiger partial charge in [0.1, 0.15) is 0 Å². The Hall–Kier alpha value is 3.50. The maximum atomic E-state index is 4.35. The van der Waals surface area contributed by atoms with E-state index in [0.717, 1.165) is 20.3 Å². The monoisotopic (exact) mass is 420 g/mol. The van der Waals surface area contributed by atoms with Crippen LogP contribution in [0.3, 0.4) is 0 Å². The smallest absolute Gasteiger partial charge is 0.157 e. The van der Waals surface area contributed by atoms with E-state index in [1.54, 1.807) is 0 Å². The summed E-state index contributed by atoms with van der Waals surface area (Å²) >= 11 is 28.5. The van der Waals surface area contributed by atoms with Crippen LogP contribution in [0, 0.1) is 0 Å². The summed E-state index contributed by atoms with van der Waals surface area (Å²) in [4.78, 5) is 0. The van der Waals surface area contributed by atoms with Gasteiger partial charge in [-0.25, -0.2) is 0 Å². The fraction of sp³-hybridized carbons (Fsp3) is 1.00. The Bertz CT molecular complexity index is 159. The van der Waals surface area contributed by atoms with Crippen molar-refractivity contribution in [1.29, 1.82) is 0 Å². The van der Waals surface area contributed by atoms with Gasteiger partial charge in [-0.1, -0.05) is 11.8 Å². The zero-order valence-corrected chi connectivity index (χ0v) is 17.6.